The molecule has 82 valence electrons. The van der Waals surface area contributed by atoms with Gasteiger partial charge in [0, 0.05) is 5.92 Å². The Morgan fingerprint density at radius 1 is 1.31 bits per heavy atom. The average Bonchev–Trinajstić information content (AvgIpc) is 2.42. The van der Waals surface area contributed by atoms with E-state index in [4.69, 9.17) is 0 Å². The first-order valence-corrected chi connectivity index (χ1v) is 5.47. The van der Waals surface area contributed by atoms with Gasteiger partial charge in [-0.05, 0) is 41.0 Å². The zero-order valence-electron chi connectivity index (χ0n) is 9.29. The number of benzene rings is 2. The van der Waals surface area contributed by atoms with E-state index in [1.54, 1.807) is 19.1 Å². The highest BCUT2D eigenvalue weighted by molar-refractivity contribution is 5.93. The molecular weight excluding hydrogens is 203 g/mol. The summed E-state index contributed by atoms with van der Waals surface area (Å²) in [6.45, 7) is 3.48. The molecule has 0 saturated heterocycles. The fourth-order valence-electron chi connectivity index (χ4n) is 2.72. The summed E-state index contributed by atoms with van der Waals surface area (Å²) < 4.78 is 14.6. The Labute approximate surface area is 93.5 Å². The first-order valence-electron chi connectivity index (χ1n) is 5.47. The summed E-state index contributed by atoms with van der Waals surface area (Å²) in [4.78, 5) is 0. The molecule has 16 heavy (non-hydrogen) atoms. The third-order valence-electron chi connectivity index (χ3n) is 3.80. The fourth-order valence-corrected chi connectivity index (χ4v) is 2.72. The Morgan fingerprint density at radius 3 is 2.81 bits per heavy atom. The number of alkyl halides is 1. The van der Waals surface area contributed by atoms with E-state index in [1.165, 1.54) is 0 Å². The van der Waals surface area contributed by atoms with Gasteiger partial charge in [-0.3, -0.25) is 0 Å². The summed E-state index contributed by atoms with van der Waals surface area (Å²) in [7, 11) is 0. The molecule has 0 spiro atoms. The summed E-state index contributed by atoms with van der Waals surface area (Å²) in [5.41, 5.74) is 0.318. The summed E-state index contributed by atoms with van der Waals surface area (Å²) in [6.07, 6.45) is 0. The molecule has 2 aromatic rings. The lowest BCUT2D eigenvalue weighted by molar-refractivity contribution is 0.166. The monoisotopic (exact) mass is 216 g/mol. The molecule has 0 heterocycles. The van der Waals surface area contributed by atoms with E-state index < -0.39 is 5.67 Å². The van der Waals surface area contributed by atoms with Crippen molar-refractivity contribution in [3.8, 4) is 5.75 Å². The van der Waals surface area contributed by atoms with Crippen molar-refractivity contribution in [3.05, 3.63) is 41.5 Å². The molecule has 0 fully saturated rings. The molecule has 2 heteroatoms. The van der Waals surface area contributed by atoms with Crippen LogP contribution < -0.4 is 0 Å². The topological polar surface area (TPSA) is 20.2 Å². The van der Waals surface area contributed by atoms with Crippen molar-refractivity contribution in [2.75, 3.05) is 0 Å². The second-order valence-corrected chi connectivity index (χ2v) is 4.74. The Morgan fingerprint density at radius 2 is 2.06 bits per heavy atom. The lowest BCUT2D eigenvalue weighted by Gasteiger charge is -2.21. The number of hydrogen-bond acceptors (Lipinski definition) is 1. The highest BCUT2D eigenvalue weighted by atomic mass is 19.1. The van der Waals surface area contributed by atoms with Crippen LogP contribution >= 0.6 is 0 Å². The smallest absolute Gasteiger partial charge is 0.140 e. The molecule has 1 nitrogen and oxygen atoms in total. The van der Waals surface area contributed by atoms with E-state index in [0.717, 1.165) is 21.9 Å². The second kappa shape index (κ2) is 2.76. The average molecular weight is 216 g/mol. The number of rotatable bonds is 0. The molecule has 0 amide bonds. The molecule has 1 aliphatic rings. The van der Waals surface area contributed by atoms with Crippen molar-refractivity contribution < 1.29 is 9.50 Å². The Kier molecular flexibility index (Phi) is 1.66. The number of aromatic hydroxyl groups is 1. The molecular formula is C14H13FO. The van der Waals surface area contributed by atoms with E-state index in [0.29, 0.717) is 0 Å². The third kappa shape index (κ3) is 0.993. The van der Waals surface area contributed by atoms with E-state index >= 15 is 0 Å². The predicted molar refractivity (Wildman–Crippen MR) is 62.5 cm³/mol. The van der Waals surface area contributed by atoms with Crippen LogP contribution in [0.4, 0.5) is 4.39 Å². The van der Waals surface area contributed by atoms with E-state index in [2.05, 4.69) is 0 Å². The van der Waals surface area contributed by atoms with Gasteiger partial charge in [-0.2, -0.15) is 0 Å². The molecule has 0 radical (unpaired) electrons. The minimum atomic E-state index is -1.34. The Balaban J connectivity index is 2.50. The Bertz CT molecular complexity index is 587. The van der Waals surface area contributed by atoms with Gasteiger partial charge >= 0.3 is 0 Å². The van der Waals surface area contributed by atoms with Gasteiger partial charge in [-0.1, -0.05) is 25.1 Å². The SMILES string of the molecule is CC1c2cc(O)cc3cccc(c23)C1(C)F. The summed E-state index contributed by atoms with van der Waals surface area (Å²) in [6, 6.07) is 8.97. The maximum atomic E-state index is 14.6. The van der Waals surface area contributed by atoms with Gasteiger partial charge in [0.25, 0.3) is 0 Å². The van der Waals surface area contributed by atoms with Gasteiger partial charge in [-0.15, -0.1) is 0 Å². The van der Waals surface area contributed by atoms with Crippen LogP contribution in [-0.2, 0) is 5.67 Å². The van der Waals surface area contributed by atoms with Crippen molar-refractivity contribution in [1.29, 1.82) is 0 Å². The molecule has 2 aromatic carbocycles. The zero-order chi connectivity index (χ0) is 11.5. The van der Waals surface area contributed by atoms with E-state index in [-0.39, 0.29) is 11.7 Å². The standard InChI is InChI=1S/C14H13FO/c1-8-11-7-10(16)6-9-4-3-5-12(13(9)11)14(8,2)15/h3-8,16H,1-2H3. The number of halogens is 1. The van der Waals surface area contributed by atoms with Crippen molar-refractivity contribution in [1.82, 2.24) is 0 Å². The van der Waals surface area contributed by atoms with Crippen LogP contribution in [-0.4, -0.2) is 5.11 Å². The first kappa shape index (κ1) is 9.64. The van der Waals surface area contributed by atoms with Crippen LogP contribution in [0.25, 0.3) is 10.8 Å². The highest BCUT2D eigenvalue weighted by Gasteiger charge is 2.42. The molecule has 0 aromatic heterocycles. The van der Waals surface area contributed by atoms with Gasteiger partial charge in [0.2, 0.25) is 0 Å². The quantitative estimate of drug-likeness (QED) is 0.709. The molecule has 0 aliphatic heterocycles. The van der Waals surface area contributed by atoms with Gasteiger partial charge in [0.15, 0.2) is 0 Å². The van der Waals surface area contributed by atoms with Crippen molar-refractivity contribution in [3.63, 3.8) is 0 Å². The number of phenolic OH excluding ortho intramolecular Hbond substituents is 1. The van der Waals surface area contributed by atoms with Crippen LogP contribution in [0.2, 0.25) is 0 Å². The molecule has 2 atom stereocenters. The van der Waals surface area contributed by atoms with Crippen LogP contribution in [0.15, 0.2) is 30.3 Å². The van der Waals surface area contributed by atoms with Crippen molar-refractivity contribution >= 4 is 10.8 Å². The van der Waals surface area contributed by atoms with Gasteiger partial charge in [-0.25, -0.2) is 4.39 Å². The second-order valence-electron chi connectivity index (χ2n) is 4.74. The van der Waals surface area contributed by atoms with Gasteiger partial charge < -0.3 is 5.11 Å². The summed E-state index contributed by atoms with van der Waals surface area (Å²) >= 11 is 0. The zero-order valence-corrected chi connectivity index (χ0v) is 9.29. The van der Waals surface area contributed by atoms with Crippen molar-refractivity contribution in [2.24, 2.45) is 0 Å². The third-order valence-corrected chi connectivity index (χ3v) is 3.80. The highest BCUT2D eigenvalue weighted by Crippen LogP contribution is 2.52. The van der Waals surface area contributed by atoms with Crippen LogP contribution in [0.5, 0.6) is 5.75 Å². The van der Waals surface area contributed by atoms with Crippen molar-refractivity contribution in [2.45, 2.75) is 25.4 Å². The maximum absolute atomic E-state index is 14.6. The molecule has 1 aliphatic carbocycles. The first-order chi connectivity index (χ1) is 7.51. The molecule has 2 unspecified atom stereocenters. The van der Waals surface area contributed by atoms with Gasteiger partial charge in [0.1, 0.15) is 11.4 Å². The maximum Gasteiger partial charge on any atom is 0.140 e. The van der Waals surface area contributed by atoms with Gasteiger partial charge in [0.05, 0.1) is 0 Å². The molecule has 1 N–H and O–H groups in total. The number of hydrogen-bond donors (Lipinski definition) is 1. The van der Waals surface area contributed by atoms with E-state index in [9.17, 15) is 9.50 Å². The lowest BCUT2D eigenvalue weighted by Crippen LogP contribution is -2.17. The number of phenols is 1. The van der Waals surface area contributed by atoms with Crippen LogP contribution in [0.1, 0.15) is 30.9 Å². The molecule has 0 bridgehead atoms. The fraction of sp³-hybridized carbons (Fsp3) is 0.286. The largest absolute Gasteiger partial charge is 0.508 e. The van der Waals surface area contributed by atoms with Crippen LogP contribution in [0, 0.1) is 0 Å². The van der Waals surface area contributed by atoms with E-state index in [1.807, 2.05) is 25.1 Å². The Hall–Kier alpha value is -1.57. The minimum Gasteiger partial charge on any atom is -0.508 e. The molecule has 3 rings (SSSR count). The predicted octanol–water partition coefficient (Wildman–Crippen LogP) is 3.85. The molecule has 0 saturated carbocycles. The normalized spacial score (nSPS) is 27.6. The summed E-state index contributed by atoms with van der Waals surface area (Å²) in [5, 5.41) is 11.5. The summed E-state index contributed by atoms with van der Waals surface area (Å²) in [5.74, 6) is 0.00343. The lowest BCUT2D eigenvalue weighted by atomic mass is 9.90. The minimum absolute atomic E-state index is 0.209. The van der Waals surface area contributed by atoms with Crippen LogP contribution in [0.3, 0.4) is 0 Å².